The molecule has 0 saturated heterocycles. The number of amides is 1. The Balaban J connectivity index is 1.75. The molecule has 0 radical (unpaired) electrons. The van der Waals surface area contributed by atoms with E-state index >= 15 is 0 Å². The average molecular weight is 420 g/mol. The summed E-state index contributed by atoms with van der Waals surface area (Å²) in [7, 11) is 1.58. The largest absolute Gasteiger partial charge is 0.493 e. The third kappa shape index (κ3) is 4.07. The third-order valence-corrected chi connectivity index (χ3v) is 4.94. The predicted molar refractivity (Wildman–Crippen MR) is 116 cm³/mol. The van der Waals surface area contributed by atoms with Crippen molar-refractivity contribution < 1.29 is 14.3 Å². The van der Waals surface area contributed by atoms with Crippen molar-refractivity contribution in [3.63, 3.8) is 0 Å². The van der Waals surface area contributed by atoms with E-state index in [2.05, 4.69) is 32.7 Å². The first-order valence-corrected chi connectivity index (χ1v) is 9.92. The molecule has 1 aromatic heterocycles. The number of methoxy groups -OCH3 is 1. The van der Waals surface area contributed by atoms with Gasteiger partial charge in [-0.2, -0.15) is 0 Å². The first kappa shape index (κ1) is 20.4. The molecule has 9 heteroatoms. The number of benzene rings is 2. The monoisotopic (exact) mass is 420 g/mol. The van der Waals surface area contributed by atoms with E-state index in [0.29, 0.717) is 28.8 Å². The summed E-state index contributed by atoms with van der Waals surface area (Å²) in [5.41, 5.74) is 1.99. The lowest BCUT2D eigenvalue weighted by Gasteiger charge is -2.33. The summed E-state index contributed by atoms with van der Waals surface area (Å²) in [6, 6.07) is 14.3. The van der Waals surface area contributed by atoms with Gasteiger partial charge in [-0.25, -0.2) is 4.68 Å². The van der Waals surface area contributed by atoms with Gasteiger partial charge in [0.25, 0.3) is 0 Å². The number of ether oxygens (including phenoxy) is 2. The van der Waals surface area contributed by atoms with E-state index in [1.54, 1.807) is 11.8 Å². The number of para-hydroxylation sites is 1. The van der Waals surface area contributed by atoms with Gasteiger partial charge in [-0.15, -0.1) is 0 Å². The van der Waals surface area contributed by atoms with E-state index in [1.807, 2.05) is 62.4 Å². The molecular formula is C22H24N6O3. The molecule has 0 aliphatic carbocycles. The molecule has 2 aromatic carbocycles. The van der Waals surface area contributed by atoms with Crippen LogP contribution in [-0.4, -0.2) is 39.3 Å². The highest BCUT2D eigenvalue weighted by atomic mass is 16.5. The standard InChI is InChI=1S/C22H24N6O3/c1-13(2)31-17-11-10-15(12-18(17)30-4)20-19(14(3)23-22-25-26-27-28(20)22)21(29)24-16-8-6-5-7-9-16/h5-13,19-20H,3H2,1-2,4H3,(H,24,29)(H,23,25,27). The summed E-state index contributed by atoms with van der Waals surface area (Å²) in [6.07, 6.45) is -0.00562. The number of anilines is 2. The van der Waals surface area contributed by atoms with Gasteiger partial charge in [-0.1, -0.05) is 35.9 Å². The highest BCUT2D eigenvalue weighted by molar-refractivity contribution is 5.95. The van der Waals surface area contributed by atoms with Crippen LogP contribution in [0.1, 0.15) is 25.5 Å². The van der Waals surface area contributed by atoms with Crippen molar-refractivity contribution in [3.8, 4) is 11.5 Å². The Kier molecular flexibility index (Phi) is 5.57. The smallest absolute Gasteiger partial charge is 0.247 e. The van der Waals surface area contributed by atoms with Crippen molar-refractivity contribution in [2.45, 2.75) is 26.0 Å². The number of tetrazole rings is 1. The fourth-order valence-electron chi connectivity index (χ4n) is 3.61. The number of rotatable bonds is 6. The molecule has 2 N–H and O–H groups in total. The van der Waals surface area contributed by atoms with E-state index in [4.69, 9.17) is 9.47 Å². The van der Waals surface area contributed by atoms with Gasteiger partial charge >= 0.3 is 0 Å². The summed E-state index contributed by atoms with van der Waals surface area (Å²) in [5.74, 6) is 0.706. The second kappa shape index (κ2) is 8.47. The fourth-order valence-corrected chi connectivity index (χ4v) is 3.61. The number of aromatic nitrogens is 4. The molecule has 2 unspecified atom stereocenters. The van der Waals surface area contributed by atoms with Gasteiger partial charge in [0.2, 0.25) is 11.9 Å². The number of carbonyl (C=O) groups is 1. The van der Waals surface area contributed by atoms with E-state index in [-0.39, 0.29) is 12.0 Å². The lowest BCUT2D eigenvalue weighted by atomic mass is 9.88. The zero-order chi connectivity index (χ0) is 22.0. The molecule has 3 aromatic rings. The van der Waals surface area contributed by atoms with Gasteiger partial charge in [0, 0.05) is 11.4 Å². The van der Waals surface area contributed by atoms with Crippen LogP contribution in [0.25, 0.3) is 0 Å². The molecule has 160 valence electrons. The van der Waals surface area contributed by atoms with Crippen molar-refractivity contribution in [2.75, 3.05) is 17.7 Å². The minimum absolute atomic E-state index is 0.00562. The molecule has 1 aliphatic rings. The Bertz CT molecular complexity index is 1100. The van der Waals surface area contributed by atoms with Crippen molar-refractivity contribution >= 4 is 17.5 Å². The quantitative estimate of drug-likeness (QED) is 0.631. The average Bonchev–Trinajstić information content (AvgIpc) is 3.21. The highest BCUT2D eigenvalue weighted by Crippen LogP contribution is 2.40. The lowest BCUT2D eigenvalue weighted by Crippen LogP contribution is -2.39. The lowest BCUT2D eigenvalue weighted by molar-refractivity contribution is -0.119. The maximum atomic E-state index is 13.3. The zero-order valence-corrected chi connectivity index (χ0v) is 17.6. The summed E-state index contributed by atoms with van der Waals surface area (Å²) in [4.78, 5) is 13.3. The van der Waals surface area contributed by atoms with Gasteiger partial charge in [-0.05, 0) is 54.1 Å². The number of hydrogen-bond acceptors (Lipinski definition) is 7. The number of nitrogens with zero attached hydrogens (tertiary/aromatic N) is 4. The number of hydrogen-bond donors (Lipinski definition) is 2. The Morgan fingerprint density at radius 1 is 1.19 bits per heavy atom. The number of carbonyl (C=O) groups excluding carboxylic acids is 1. The first-order chi connectivity index (χ1) is 15.0. The van der Waals surface area contributed by atoms with Crippen LogP contribution in [-0.2, 0) is 4.79 Å². The molecule has 2 atom stereocenters. The zero-order valence-electron chi connectivity index (χ0n) is 17.6. The van der Waals surface area contributed by atoms with Crippen LogP contribution in [0.4, 0.5) is 11.6 Å². The molecule has 2 heterocycles. The van der Waals surface area contributed by atoms with Crippen molar-refractivity contribution in [1.82, 2.24) is 20.2 Å². The SMILES string of the molecule is C=C1Nc2nnnn2C(c2ccc(OC(C)C)c(OC)c2)C1C(=O)Nc1ccccc1. The van der Waals surface area contributed by atoms with Gasteiger partial charge < -0.3 is 20.1 Å². The molecular weight excluding hydrogens is 396 g/mol. The topological polar surface area (TPSA) is 103 Å². The minimum Gasteiger partial charge on any atom is -0.493 e. The molecule has 4 rings (SSSR count). The van der Waals surface area contributed by atoms with Gasteiger partial charge in [0.05, 0.1) is 19.3 Å². The van der Waals surface area contributed by atoms with Crippen molar-refractivity contribution in [3.05, 3.63) is 66.4 Å². The van der Waals surface area contributed by atoms with Crippen LogP contribution in [0.3, 0.4) is 0 Å². The van der Waals surface area contributed by atoms with Crippen LogP contribution in [0.15, 0.2) is 60.8 Å². The molecule has 0 spiro atoms. The van der Waals surface area contributed by atoms with E-state index in [1.165, 1.54) is 0 Å². The predicted octanol–water partition coefficient (Wildman–Crippen LogP) is 3.25. The van der Waals surface area contributed by atoms with Crippen LogP contribution in [0.2, 0.25) is 0 Å². The molecule has 1 aliphatic heterocycles. The molecule has 1 amide bonds. The van der Waals surface area contributed by atoms with Gasteiger partial charge in [0.1, 0.15) is 5.92 Å². The number of fused-ring (bicyclic) bond motifs is 1. The van der Waals surface area contributed by atoms with Crippen LogP contribution in [0.5, 0.6) is 11.5 Å². The summed E-state index contributed by atoms with van der Waals surface area (Å²) in [5, 5.41) is 17.9. The Hall–Kier alpha value is -3.88. The first-order valence-electron chi connectivity index (χ1n) is 9.92. The molecule has 0 fully saturated rings. The molecule has 31 heavy (non-hydrogen) atoms. The minimum atomic E-state index is -0.669. The van der Waals surface area contributed by atoms with E-state index < -0.39 is 12.0 Å². The van der Waals surface area contributed by atoms with Crippen molar-refractivity contribution in [1.29, 1.82) is 0 Å². The molecule has 9 nitrogen and oxygen atoms in total. The highest BCUT2D eigenvalue weighted by Gasteiger charge is 2.40. The van der Waals surface area contributed by atoms with Gasteiger partial charge in [0.15, 0.2) is 11.5 Å². The Morgan fingerprint density at radius 3 is 2.68 bits per heavy atom. The molecule has 0 bridgehead atoms. The molecule has 0 saturated carbocycles. The van der Waals surface area contributed by atoms with E-state index in [9.17, 15) is 4.79 Å². The summed E-state index contributed by atoms with van der Waals surface area (Å²) < 4.78 is 13.0. The van der Waals surface area contributed by atoms with Crippen molar-refractivity contribution in [2.24, 2.45) is 5.92 Å². The van der Waals surface area contributed by atoms with Crippen LogP contribution >= 0.6 is 0 Å². The summed E-state index contributed by atoms with van der Waals surface area (Å²) >= 11 is 0. The fraction of sp³-hybridized carbons (Fsp3) is 0.273. The number of nitrogens with one attached hydrogen (secondary N) is 2. The van der Waals surface area contributed by atoms with Crippen LogP contribution in [0, 0.1) is 5.92 Å². The normalized spacial score (nSPS) is 17.6. The Morgan fingerprint density at radius 2 is 1.97 bits per heavy atom. The Labute approximate surface area is 180 Å². The maximum absolute atomic E-state index is 13.3. The van der Waals surface area contributed by atoms with Crippen LogP contribution < -0.4 is 20.1 Å². The second-order valence-corrected chi connectivity index (χ2v) is 7.45. The third-order valence-electron chi connectivity index (χ3n) is 4.94. The second-order valence-electron chi connectivity index (χ2n) is 7.45. The van der Waals surface area contributed by atoms with E-state index in [0.717, 1.165) is 5.56 Å². The maximum Gasteiger partial charge on any atom is 0.247 e. The van der Waals surface area contributed by atoms with Gasteiger partial charge in [-0.3, -0.25) is 4.79 Å². The summed E-state index contributed by atoms with van der Waals surface area (Å²) in [6.45, 7) is 7.97.